The average Bonchev–Trinajstić information content (AvgIpc) is 3.26. The molecule has 0 atom stereocenters. The van der Waals surface area contributed by atoms with Gasteiger partial charge < -0.3 is 15.2 Å². The summed E-state index contributed by atoms with van der Waals surface area (Å²) in [6.07, 6.45) is 1.88. The molecule has 1 fully saturated rings. The number of carbonyl (C=O) groups is 1. The second-order valence-electron chi connectivity index (χ2n) is 6.97. The van der Waals surface area contributed by atoms with Gasteiger partial charge in [0.25, 0.3) is 5.91 Å². The van der Waals surface area contributed by atoms with Crippen LogP contribution in [-0.2, 0) is 0 Å². The first-order valence-corrected chi connectivity index (χ1v) is 8.97. The summed E-state index contributed by atoms with van der Waals surface area (Å²) in [6.45, 7) is 4.28. The van der Waals surface area contributed by atoms with Crippen LogP contribution in [0.4, 0.5) is 5.82 Å². The molecule has 1 aliphatic rings. The number of fused-ring (bicyclic) bond motifs is 2. The number of aromatic nitrogens is 5. The summed E-state index contributed by atoms with van der Waals surface area (Å²) in [4.78, 5) is 17.7. The monoisotopic (exact) mass is 361 g/mol. The van der Waals surface area contributed by atoms with E-state index in [-0.39, 0.29) is 5.91 Å². The van der Waals surface area contributed by atoms with Gasteiger partial charge in [0.05, 0.1) is 0 Å². The lowest BCUT2D eigenvalue weighted by atomic mass is 10.00. The first-order chi connectivity index (χ1) is 13.2. The van der Waals surface area contributed by atoms with Gasteiger partial charge in [0.15, 0.2) is 11.5 Å². The van der Waals surface area contributed by atoms with Gasteiger partial charge in [-0.3, -0.25) is 4.79 Å². The molecule has 0 saturated carbocycles. The molecule has 0 unspecified atom stereocenters. The third-order valence-corrected chi connectivity index (χ3v) is 5.05. The van der Waals surface area contributed by atoms with Crippen molar-refractivity contribution in [2.45, 2.75) is 6.92 Å². The Morgan fingerprint density at radius 1 is 1.22 bits per heavy atom. The Morgan fingerprint density at radius 2 is 2.11 bits per heavy atom. The SMILES string of the molecule is Cc1nnc2ccc(N3CC(CNC(=O)c4ccc5cc[nH]c5c4)C3)nn12. The highest BCUT2D eigenvalue weighted by Crippen LogP contribution is 2.22. The fraction of sp³-hybridized carbons (Fsp3) is 0.263. The van der Waals surface area contributed by atoms with Gasteiger partial charge in [0.2, 0.25) is 0 Å². The van der Waals surface area contributed by atoms with Crippen molar-refractivity contribution in [3.05, 3.63) is 54.0 Å². The number of carbonyl (C=O) groups excluding carboxylic acids is 1. The van der Waals surface area contributed by atoms with Gasteiger partial charge >= 0.3 is 0 Å². The van der Waals surface area contributed by atoms with Crippen LogP contribution < -0.4 is 10.2 Å². The second kappa shape index (κ2) is 6.08. The highest BCUT2D eigenvalue weighted by molar-refractivity contribution is 5.97. The molecular weight excluding hydrogens is 342 g/mol. The molecule has 4 heterocycles. The van der Waals surface area contributed by atoms with Crippen molar-refractivity contribution in [1.82, 2.24) is 30.1 Å². The van der Waals surface area contributed by atoms with E-state index in [1.807, 2.05) is 49.5 Å². The van der Waals surface area contributed by atoms with Crippen LogP contribution in [0.5, 0.6) is 0 Å². The van der Waals surface area contributed by atoms with E-state index in [1.165, 1.54) is 0 Å². The molecule has 3 aromatic heterocycles. The smallest absolute Gasteiger partial charge is 0.251 e. The fourth-order valence-corrected chi connectivity index (χ4v) is 3.47. The molecule has 1 aliphatic heterocycles. The number of nitrogens with zero attached hydrogens (tertiary/aromatic N) is 5. The van der Waals surface area contributed by atoms with Crippen molar-refractivity contribution in [3.8, 4) is 0 Å². The molecule has 27 heavy (non-hydrogen) atoms. The van der Waals surface area contributed by atoms with E-state index < -0.39 is 0 Å². The minimum absolute atomic E-state index is 0.0374. The van der Waals surface area contributed by atoms with E-state index in [1.54, 1.807) is 4.52 Å². The van der Waals surface area contributed by atoms with Gasteiger partial charge in [0, 0.05) is 42.8 Å². The quantitative estimate of drug-likeness (QED) is 0.578. The summed E-state index contributed by atoms with van der Waals surface area (Å²) >= 11 is 0. The van der Waals surface area contributed by atoms with Gasteiger partial charge in [-0.05, 0) is 42.6 Å². The van der Waals surface area contributed by atoms with E-state index in [4.69, 9.17) is 0 Å². The van der Waals surface area contributed by atoms with Gasteiger partial charge in [-0.2, -0.15) is 4.52 Å². The zero-order chi connectivity index (χ0) is 18.4. The van der Waals surface area contributed by atoms with Crippen molar-refractivity contribution < 1.29 is 4.79 Å². The molecule has 136 valence electrons. The second-order valence-corrected chi connectivity index (χ2v) is 6.97. The van der Waals surface area contributed by atoms with E-state index >= 15 is 0 Å². The molecule has 2 N–H and O–H groups in total. The van der Waals surface area contributed by atoms with Crippen LogP contribution in [0.1, 0.15) is 16.2 Å². The average molecular weight is 361 g/mol. The molecule has 1 amide bonds. The Labute approximate surface area is 155 Å². The highest BCUT2D eigenvalue weighted by Gasteiger charge is 2.28. The molecule has 5 rings (SSSR count). The first kappa shape index (κ1) is 15.8. The standard InChI is InChI=1S/C19H19N7O/c1-12-22-23-17-4-5-18(24-26(12)17)25-10-13(11-25)9-21-19(27)15-3-2-14-6-7-20-16(14)8-15/h2-8,13,20H,9-11H2,1H3,(H,21,27). The molecule has 8 nitrogen and oxygen atoms in total. The Bertz CT molecular complexity index is 1140. The molecule has 8 heteroatoms. The third kappa shape index (κ3) is 2.79. The topological polar surface area (TPSA) is 91.2 Å². The van der Waals surface area contributed by atoms with Crippen LogP contribution in [0.15, 0.2) is 42.6 Å². The minimum atomic E-state index is -0.0374. The first-order valence-electron chi connectivity index (χ1n) is 8.97. The Kier molecular flexibility index (Phi) is 3.56. The van der Waals surface area contributed by atoms with Crippen LogP contribution in [0.2, 0.25) is 0 Å². The van der Waals surface area contributed by atoms with Crippen LogP contribution in [0.25, 0.3) is 16.6 Å². The maximum atomic E-state index is 12.4. The van der Waals surface area contributed by atoms with Gasteiger partial charge in [-0.25, -0.2) is 0 Å². The number of aromatic amines is 1. The van der Waals surface area contributed by atoms with E-state index in [2.05, 4.69) is 30.5 Å². The van der Waals surface area contributed by atoms with Gasteiger partial charge in [0.1, 0.15) is 5.82 Å². The Hall–Kier alpha value is -3.42. The van der Waals surface area contributed by atoms with Crippen molar-refractivity contribution in [1.29, 1.82) is 0 Å². The zero-order valence-corrected chi connectivity index (χ0v) is 14.9. The van der Waals surface area contributed by atoms with Gasteiger partial charge in [-0.15, -0.1) is 15.3 Å². The molecule has 0 bridgehead atoms. The van der Waals surface area contributed by atoms with Gasteiger partial charge in [-0.1, -0.05) is 6.07 Å². The summed E-state index contributed by atoms with van der Waals surface area (Å²) < 4.78 is 1.75. The zero-order valence-electron chi connectivity index (χ0n) is 14.9. The van der Waals surface area contributed by atoms with E-state index in [0.717, 1.165) is 41.3 Å². The molecule has 4 aromatic rings. The number of hydrogen-bond donors (Lipinski definition) is 2. The number of rotatable bonds is 4. The highest BCUT2D eigenvalue weighted by atomic mass is 16.1. The van der Waals surface area contributed by atoms with Crippen molar-refractivity contribution in [2.75, 3.05) is 24.5 Å². The lowest BCUT2D eigenvalue weighted by Gasteiger charge is -2.40. The molecule has 0 aliphatic carbocycles. The fourth-order valence-electron chi connectivity index (χ4n) is 3.47. The van der Waals surface area contributed by atoms with Crippen LogP contribution in [-0.4, -0.2) is 50.3 Å². The maximum Gasteiger partial charge on any atom is 0.251 e. The molecule has 1 aromatic carbocycles. The number of nitrogens with one attached hydrogen (secondary N) is 2. The summed E-state index contributed by atoms with van der Waals surface area (Å²) in [5, 5.41) is 16.8. The molecule has 1 saturated heterocycles. The normalized spacial score (nSPS) is 14.6. The van der Waals surface area contributed by atoms with Crippen molar-refractivity contribution in [2.24, 2.45) is 5.92 Å². The van der Waals surface area contributed by atoms with Crippen molar-refractivity contribution >= 4 is 28.3 Å². The molecular formula is C19H19N7O. The van der Waals surface area contributed by atoms with Crippen LogP contribution in [0, 0.1) is 12.8 Å². The van der Waals surface area contributed by atoms with Crippen LogP contribution in [0.3, 0.4) is 0 Å². The number of aryl methyl sites for hydroxylation is 1. The third-order valence-electron chi connectivity index (χ3n) is 5.05. The predicted octanol–water partition coefficient (Wildman–Crippen LogP) is 1.78. The number of anilines is 1. The lowest BCUT2D eigenvalue weighted by Crippen LogP contribution is -2.52. The number of H-pyrrole nitrogens is 1. The van der Waals surface area contributed by atoms with E-state index in [9.17, 15) is 4.79 Å². The molecule has 0 spiro atoms. The lowest BCUT2D eigenvalue weighted by molar-refractivity contribution is 0.0944. The summed E-state index contributed by atoms with van der Waals surface area (Å²) in [6, 6.07) is 11.6. The van der Waals surface area contributed by atoms with Crippen molar-refractivity contribution in [3.63, 3.8) is 0 Å². The Morgan fingerprint density at radius 3 is 3.00 bits per heavy atom. The minimum Gasteiger partial charge on any atom is -0.361 e. The van der Waals surface area contributed by atoms with E-state index in [0.29, 0.717) is 18.0 Å². The summed E-state index contributed by atoms with van der Waals surface area (Å²) in [5.41, 5.74) is 2.40. The largest absolute Gasteiger partial charge is 0.361 e. The predicted molar refractivity (Wildman–Crippen MR) is 102 cm³/mol. The summed E-state index contributed by atoms with van der Waals surface area (Å²) in [7, 11) is 0. The van der Waals surface area contributed by atoms with Crippen LogP contribution >= 0.6 is 0 Å². The Balaban J connectivity index is 1.18. The number of benzene rings is 1. The number of hydrogen-bond acceptors (Lipinski definition) is 5. The molecule has 0 radical (unpaired) electrons. The summed E-state index contributed by atoms with van der Waals surface area (Å²) in [5.74, 6) is 2.06. The number of amides is 1. The maximum absolute atomic E-state index is 12.4.